The van der Waals surface area contributed by atoms with Crippen LogP contribution in [-0.2, 0) is 19.4 Å². The zero-order valence-electron chi connectivity index (χ0n) is 15.1. The maximum absolute atomic E-state index is 12.7. The third-order valence-electron chi connectivity index (χ3n) is 4.53. The van der Waals surface area contributed by atoms with Gasteiger partial charge in [0.2, 0.25) is 11.8 Å². The van der Waals surface area contributed by atoms with Gasteiger partial charge in [0.1, 0.15) is 5.41 Å². The summed E-state index contributed by atoms with van der Waals surface area (Å²) in [7, 11) is -3.09. The van der Waals surface area contributed by atoms with Crippen LogP contribution in [0.15, 0.2) is 24.3 Å². The predicted octanol–water partition coefficient (Wildman–Crippen LogP) is 2.08. The van der Waals surface area contributed by atoms with Crippen LogP contribution in [0.5, 0.6) is 0 Å². The highest BCUT2D eigenvalue weighted by Crippen LogP contribution is 2.26. The lowest BCUT2D eigenvalue weighted by atomic mass is 9.90. The molecule has 1 unspecified atom stereocenters. The fraction of sp³-hybridized carbons (Fsp3) is 0.556. The van der Waals surface area contributed by atoms with E-state index in [0.717, 1.165) is 5.56 Å². The first-order valence-corrected chi connectivity index (χ1v) is 10.3. The smallest absolute Gasteiger partial charge is 0.239 e. The Morgan fingerprint density at radius 1 is 1.16 bits per heavy atom. The Labute approximate surface area is 149 Å². The minimum atomic E-state index is -3.09. The number of sulfone groups is 1. The molecule has 6 nitrogen and oxygen atoms in total. The largest absolute Gasteiger partial charge is 0.351 e. The third-order valence-corrected chi connectivity index (χ3v) is 6.30. The van der Waals surface area contributed by atoms with Crippen LogP contribution in [0.4, 0.5) is 5.69 Å². The minimum absolute atomic E-state index is 0.0629. The average Bonchev–Trinajstić information content (AvgIpc) is 2.86. The van der Waals surface area contributed by atoms with Crippen LogP contribution < -0.4 is 10.6 Å². The Morgan fingerprint density at radius 3 is 2.36 bits per heavy atom. The summed E-state index contributed by atoms with van der Waals surface area (Å²) in [6.45, 7) is 7.14. The van der Waals surface area contributed by atoms with Gasteiger partial charge in [0.25, 0.3) is 0 Å². The second-order valence-corrected chi connectivity index (χ2v) is 9.62. The maximum atomic E-state index is 12.7. The first kappa shape index (κ1) is 19.4. The number of amides is 2. The highest BCUT2D eigenvalue weighted by atomic mass is 32.2. The van der Waals surface area contributed by atoms with Gasteiger partial charge < -0.3 is 10.6 Å². The average molecular weight is 366 g/mol. The summed E-state index contributed by atoms with van der Waals surface area (Å²) in [4.78, 5) is 25.2. The van der Waals surface area contributed by atoms with Crippen molar-refractivity contribution >= 4 is 27.3 Å². The van der Waals surface area contributed by atoms with Crippen LogP contribution in [0, 0.1) is 5.41 Å². The van der Waals surface area contributed by atoms with Crippen LogP contribution in [-0.4, -0.2) is 37.8 Å². The van der Waals surface area contributed by atoms with Crippen molar-refractivity contribution in [3.63, 3.8) is 0 Å². The quantitative estimate of drug-likeness (QED) is 0.781. The van der Waals surface area contributed by atoms with Crippen LogP contribution in [0.2, 0.25) is 0 Å². The van der Waals surface area contributed by atoms with Crippen molar-refractivity contribution in [2.24, 2.45) is 5.41 Å². The lowest BCUT2D eigenvalue weighted by Gasteiger charge is -2.25. The van der Waals surface area contributed by atoms with E-state index in [1.54, 1.807) is 13.8 Å². The minimum Gasteiger partial charge on any atom is -0.351 e. The molecule has 1 aromatic carbocycles. The molecule has 7 heteroatoms. The van der Waals surface area contributed by atoms with E-state index in [9.17, 15) is 18.0 Å². The Hall–Kier alpha value is -1.89. The van der Waals surface area contributed by atoms with Crippen molar-refractivity contribution in [2.45, 2.75) is 46.1 Å². The third kappa shape index (κ3) is 4.60. The number of anilines is 1. The van der Waals surface area contributed by atoms with Crippen LogP contribution in [0.25, 0.3) is 0 Å². The highest BCUT2D eigenvalue weighted by Gasteiger charge is 2.39. The van der Waals surface area contributed by atoms with E-state index in [1.807, 2.05) is 38.1 Å². The second kappa shape index (κ2) is 7.15. The zero-order chi connectivity index (χ0) is 18.8. The van der Waals surface area contributed by atoms with Gasteiger partial charge in [-0.05, 0) is 37.8 Å². The number of rotatable bonds is 5. The standard InChI is InChI=1S/C18H26N2O4S/c1-12(2)14-7-5-6-8-15(14)20-17(22)18(3,4)16(21)19-13-9-10-25(23,24)11-13/h5-8,12-13H,9-11H2,1-4H3,(H,19,21)(H,20,22). The highest BCUT2D eigenvalue weighted by molar-refractivity contribution is 7.91. The Balaban J connectivity index is 2.08. The van der Waals surface area contributed by atoms with Crippen LogP contribution >= 0.6 is 0 Å². The van der Waals surface area contributed by atoms with Crippen LogP contribution in [0.1, 0.15) is 45.6 Å². The summed E-state index contributed by atoms with van der Waals surface area (Å²) < 4.78 is 23.0. The number of carbonyl (C=O) groups excluding carboxylic acids is 2. The summed E-state index contributed by atoms with van der Waals surface area (Å²) in [6, 6.07) is 7.07. The monoisotopic (exact) mass is 366 g/mol. The van der Waals surface area contributed by atoms with Crippen molar-refractivity contribution in [3.8, 4) is 0 Å². The predicted molar refractivity (Wildman–Crippen MR) is 98.1 cm³/mol. The number of benzene rings is 1. The SMILES string of the molecule is CC(C)c1ccccc1NC(=O)C(C)(C)C(=O)NC1CCS(=O)(=O)C1. The van der Waals surface area contributed by atoms with Crippen molar-refractivity contribution in [2.75, 3.05) is 16.8 Å². The molecule has 1 fully saturated rings. The summed E-state index contributed by atoms with van der Waals surface area (Å²) in [5.74, 6) is -0.635. The Morgan fingerprint density at radius 2 is 1.80 bits per heavy atom. The molecule has 1 aliphatic rings. The van der Waals surface area contributed by atoms with E-state index >= 15 is 0 Å². The van der Waals surface area contributed by atoms with Gasteiger partial charge in [-0.2, -0.15) is 0 Å². The van der Waals surface area contributed by atoms with Gasteiger partial charge in [-0.3, -0.25) is 9.59 Å². The molecule has 0 bridgehead atoms. The van der Waals surface area contributed by atoms with Crippen molar-refractivity contribution in [1.29, 1.82) is 0 Å². The van der Waals surface area contributed by atoms with Gasteiger partial charge in [-0.15, -0.1) is 0 Å². The first-order chi connectivity index (χ1) is 11.5. The molecule has 1 heterocycles. The molecule has 2 amide bonds. The number of hydrogen-bond donors (Lipinski definition) is 2. The number of hydrogen-bond acceptors (Lipinski definition) is 4. The molecular formula is C18H26N2O4S. The van der Waals surface area contributed by atoms with Gasteiger partial charge in [-0.25, -0.2) is 8.42 Å². The van der Waals surface area contributed by atoms with Gasteiger partial charge in [0.15, 0.2) is 9.84 Å². The van der Waals surface area contributed by atoms with Crippen molar-refractivity contribution < 1.29 is 18.0 Å². The normalized spacial score (nSPS) is 19.6. The summed E-state index contributed by atoms with van der Waals surface area (Å²) in [5.41, 5.74) is 0.372. The van der Waals surface area contributed by atoms with Gasteiger partial charge in [-0.1, -0.05) is 32.0 Å². The van der Waals surface area contributed by atoms with Gasteiger partial charge in [0, 0.05) is 11.7 Å². The molecule has 1 aromatic rings. The molecule has 0 saturated carbocycles. The van der Waals surface area contributed by atoms with E-state index in [0.29, 0.717) is 12.1 Å². The summed E-state index contributed by atoms with van der Waals surface area (Å²) in [6.07, 6.45) is 0.391. The molecule has 25 heavy (non-hydrogen) atoms. The lowest BCUT2D eigenvalue weighted by Crippen LogP contribution is -2.49. The van der Waals surface area contributed by atoms with E-state index in [-0.39, 0.29) is 17.4 Å². The molecule has 138 valence electrons. The fourth-order valence-electron chi connectivity index (χ4n) is 2.77. The van der Waals surface area contributed by atoms with E-state index < -0.39 is 33.1 Å². The van der Waals surface area contributed by atoms with Crippen molar-refractivity contribution in [3.05, 3.63) is 29.8 Å². The Bertz CT molecular complexity index is 769. The molecule has 2 N–H and O–H groups in total. The molecule has 0 aliphatic carbocycles. The Kier molecular flexibility index (Phi) is 5.56. The molecular weight excluding hydrogens is 340 g/mol. The molecule has 1 saturated heterocycles. The van der Waals surface area contributed by atoms with Crippen LogP contribution in [0.3, 0.4) is 0 Å². The number of carbonyl (C=O) groups is 2. The summed E-state index contributed by atoms with van der Waals surface area (Å²) >= 11 is 0. The topological polar surface area (TPSA) is 92.3 Å². The maximum Gasteiger partial charge on any atom is 0.239 e. The molecule has 1 aliphatic heterocycles. The number of para-hydroxylation sites is 1. The number of nitrogens with one attached hydrogen (secondary N) is 2. The van der Waals surface area contributed by atoms with E-state index in [2.05, 4.69) is 10.6 Å². The van der Waals surface area contributed by atoms with Crippen molar-refractivity contribution in [1.82, 2.24) is 5.32 Å². The first-order valence-electron chi connectivity index (χ1n) is 8.44. The van der Waals surface area contributed by atoms with E-state index in [4.69, 9.17) is 0 Å². The fourth-order valence-corrected chi connectivity index (χ4v) is 4.44. The lowest BCUT2D eigenvalue weighted by molar-refractivity contribution is -0.138. The van der Waals surface area contributed by atoms with E-state index in [1.165, 1.54) is 0 Å². The van der Waals surface area contributed by atoms with Gasteiger partial charge in [0.05, 0.1) is 11.5 Å². The molecule has 2 rings (SSSR count). The second-order valence-electron chi connectivity index (χ2n) is 7.39. The molecule has 0 aromatic heterocycles. The zero-order valence-corrected chi connectivity index (χ0v) is 15.9. The summed E-state index contributed by atoms with van der Waals surface area (Å²) in [5, 5.41) is 5.54. The van der Waals surface area contributed by atoms with Gasteiger partial charge >= 0.3 is 0 Å². The molecule has 0 spiro atoms. The molecule has 1 atom stereocenters. The molecule has 0 radical (unpaired) electrons.